The summed E-state index contributed by atoms with van der Waals surface area (Å²) in [6.45, 7) is 1.55. The Bertz CT molecular complexity index is 488. The van der Waals surface area contributed by atoms with Crippen molar-refractivity contribution in [2.75, 3.05) is 19.9 Å². The predicted molar refractivity (Wildman–Crippen MR) is 63.6 cm³/mol. The Hall–Kier alpha value is -1.23. The zero-order valence-corrected chi connectivity index (χ0v) is 10.9. The number of ketones is 1. The van der Waals surface area contributed by atoms with Crippen LogP contribution in [0, 0.1) is 5.82 Å². The Labute approximate surface area is 104 Å². The van der Waals surface area contributed by atoms with E-state index in [1.165, 1.54) is 20.1 Å². The quantitative estimate of drug-likeness (QED) is 0.637. The number of hydrogen-bond acceptors (Lipinski definition) is 4. The molecule has 0 aliphatic rings. The molecule has 1 unspecified atom stereocenters. The van der Waals surface area contributed by atoms with Crippen LogP contribution in [-0.2, 0) is 9.09 Å². The number of rotatable bonds is 6. The first-order chi connectivity index (χ1) is 8.39. The average Bonchev–Trinajstić information content (AvgIpc) is 2.28. The van der Waals surface area contributed by atoms with E-state index in [0.717, 1.165) is 12.1 Å². The Morgan fingerprint density at radius 1 is 1.50 bits per heavy atom. The lowest BCUT2D eigenvalue weighted by Gasteiger charge is -2.11. The van der Waals surface area contributed by atoms with Gasteiger partial charge in [-0.05, 0) is 25.1 Å². The number of carbonyl (C=O) groups is 1. The molecule has 0 bridgehead atoms. The molecule has 0 fully saturated rings. The second-order valence-corrected chi connectivity index (χ2v) is 5.33. The molecule has 0 aliphatic heterocycles. The fourth-order valence-electron chi connectivity index (χ4n) is 1.41. The van der Waals surface area contributed by atoms with E-state index >= 15 is 0 Å². The van der Waals surface area contributed by atoms with Crippen LogP contribution >= 0.6 is 7.60 Å². The van der Waals surface area contributed by atoms with Crippen LogP contribution in [0.25, 0.3) is 0 Å². The minimum atomic E-state index is -3.99. The van der Waals surface area contributed by atoms with E-state index in [9.17, 15) is 18.6 Å². The lowest BCUT2D eigenvalue weighted by Crippen LogP contribution is -2.10. The highest BCUT2D eigenvalue weighted by Crippen LogP contribution is 2.42. The fourth-order valence-corrected chi connectivity index (χ4v) is 2.44. The zero-order valence-electron chi connectivity index (χ0n) is 10.1. The first-order valence-corrected chi connectivity index (χ1v) is 6.99. The topological polar surface area (TPSA) is 72.8 Å². The van der Waals surface area contributed by atoms with Crippen LogP contribution in [0.15, 0.2) is 18.2 Å². The van der Waals surface area contributed by atoms with Crippen molar-refractivity contribution >= 4 is 13.4 Å². The van der Waals surface area contributed by atoms with Crippen LogP contribution in [0.3, 0.4) is 0 Å². The summed E-state index contributed by atoms with van der Waals surface area (Å²) in [4.78, 5) is 21.2. The van der Waals surface area contributed by atoms with Crippen LogP contribution in [0.1, 0.15) is 17.3 Å². The maximum Gasteiger partial charge on any atom is 0.335 e. The van der Waals surface area contributed by atoms with Gasteiger partial charge in [-0.15, -0.1) is 0 Å². The van der Waals surface area contributed by atoms with E-state index in [0.29, 0.717) is 0 Å². The first-order valence-electron chi connectivity index (χ1n) is 5.22. The number of benzene rings is 1. The molecule has 0 radical (unpaired) electrons. The summed E-state index contributed by atoms with van der Waals surface area (Å²) in [7, 11) is -2.66. The normalized spacial score (nSPS) is 14.0. The largest absolute Gasteiger partial charge is 0.496 e. The minimum Gasteiger partial charge on any atom is -0.496 e. The van der Waals surface area contributed by atoms with Gasteiger partial charge in [0.2, 0.25) is 0 Å². The third-order valence-corrected chi connectivity index (χ3v) is 3.48. The van der Waals surface area contributed by atoms with E-state index in [4.69, 9.17) is 4.74 Å². The third-order valence-electron chi connectivity index (χ3n) is 2.14. The highest BCUT2D eigenvalue weighted by atomic mass is 31.2. The number of carbonyl (C=O) groups excluding carboxylic acids is 1. The van der Waals surface area contributed by atoms with E-state index < -0.39 is 25.4 Å². The van der Waals surface area contributed by atoms with Gasteiger partial charge in [-0.25, -0.2) is 4.39 Å². The van der Waals surface area contributed by atoms with Gasteiger partial charge in [0, 0.05) is 0 Å². The van der Waals surface area contributed by atoms with Crippen LogP contribution in [0.5, 0.6) is 5.75 Å². The number of hydrogen-bond donors (Lipinski definition) is 1. The molecule has 1 atom stereocenters. The summed E-state index contributed by atoms with van der Waals surface area (Å²) in [6, 6.07) is 3.38. The van der Waals surface area contributed by atoms with E-state index in [2.05, 4.69) is 4.52 Å². The maximum atomic E-state index is 13.1. The van der Waals surface area contributed by atoms with Gasteiger partial charge in [0.1, 0.15) is 17.7 Å². The van der Waals surface area contributed by atoms with E-state index in [-0.39, 0.29) is 17.9 Å². The maximum absolute atomic E-state index is 13.1. The van der Waals surface area contributed by atoms with Crippen molar-refractivity contribution in [3.63, 3.8) is 0 Å². The molecule has 100 valence electrons. The highest BCUT2D eigenvalue weighted by molar-refractivity contribution is 7.53. The summed E-state index contributed by atoms with van der Waals surface area (Å²) in [5.41, 5.74) is -0.0773. The molecule has 1 aromatic rings. The van der Waals surface area contributed by atoms with Gasteiger partial charge in [0.25, 0.3) is 0 Å². The van der Waals surface area contributed by atoms with Crippen molar-refractivity contribution in [3.8, 4) is 5.75 Å². The fraction of sp³-hybridized carbons (Fsp3) is 0.364. The Balaban J connectivity index is 2.97. The van der Waals surface area contributed by atoms with Crippen LogP contribution < -0.4 is 4.74 Å². The molecule has 0 aliphatic carbocycles. The van der Waals surface area contributed by atoms with Gasteiger partial charge in [-0.1, -0.05) is 0 Å². The van der Waals surface area contributed by atoms with E-state index in [1.807, 2.05) is 0 Å². The van der Waals surface area contributed by atoms with Crippen molar-refractivity contribution in [2.45, 2.75) is 6.92 Å². The third kappa shape index (κ3) is 3.91. The lowest BCUT2D eigenvalue weighted by molar-refractivity contribution is 0.101. The molecule has 18 heavy (non-hydrogen) atoms. The summed E-state index contributed by atoms with van der Waals surface area (Å²) in [5.74, 6) is -1.17. The monoisotopic (exact) mass is 276 g/mol. The molecule has 1 N–H and O–H groups in total. The van der Waals surface area contributed by atoms with Crippen molar-refractivity contribution in [1.82, 2.24) is 0 Å². The SMILES string of the molecule is CCOP(=O)(O)CC(=O)c1cc(F)ccc1OC. The van der Waals surface area contributed by atoms with Crippen LogP contribution in [0.4, 0.5) is 4.39 Å². The van der Waals surface area contributed by atoms with Gasteiger partial charge in [-0.2, -0.15) is 0 Å². The Kier molecular flexibility index (Phi) is 5.02. The molecule has 0 spiro atoms. The molecule has 1 aromatic carbocycles. The Morgan fingerprint density at radius 2 is 2.17 bits per heavy atom. The van der Waals surface area contributed by atoms with E-state index in [1.54, 1.807) is 0 Å². The van der Waals surface area contributed by atoms with Gasteiger partial charge in [0.05, 0.1) is 19.3 Å². The number of methoxy groups -OCH3 is 1. The van der Waals surface area contributed by atoms with Crippen LogP contribution in [0.2, 0.25) is 0 Å². The van der Waals surface area contributed by atoms with Gasteiger partial charge in [-0.3, -0.25) is 9.36 Å². The standard InChI is InChI=1S/C11H14FO5P/c1-3-17-18(14,15)7-10(13)9-6-8(12)4-5-11(9)16-2/h4-6H,3,7H2,1-2H3,(H,14,15). The van der Waals surface area contributed by atoms with Crippen molar-refractivity contribution in [1.29, 1.82) is 0 Å². The van der Waals surface area contributed by atoms with Gasteiger partial charge < -0.3 is 14.2 Å². The van der Waals surface area contributed by atoms with Gasteiger partial charge in [0.15, 0.2) is 5.78 Å². The van der Waals surface area contributed by atoms with Crippen LogP contribution in [-0.4, -0.2) is 30.6 Å². The molecule has 0 saturated carbocycles. The van der Waals surface area contributed by atoms with Gasteiger partial charge >= 0.3 is 7.60 Å². The summed E-state index contributed by atoms with van der Waals surface area (Å²) < 4.78 is 34.0. The molecule has 1 rings (SSSR count). The highest BCUT2D eigenvalue weighted by Gasteiger charge is 2.26. The molecule has 7 heteroatoms. The smallest absolute Gasteiger partial charge is 0.335 e. The van der Waals surface area contributed by atoms with Crippen molar-refractivity contribution in [2.24, 2.45) is 0 Å². The number of ether oxygens (including phenoxy) is 1. The molecule has 0 heterocycles. The summed E-state index contributed by atoms with van der Waals surface area (Å²) in [6.07, 6.45) is -0.708. The number of Topliss-reactive ketones (excluding diaryl/α,β-unsaturated/α-hetero) is 1. The minimum absolute atomic E-state index is 0.0152. The van der Waals surface area contributed by atoms with Crippen molar-refractivity contribution < 1.29 is 27.9 Å². The second-order valence-electron chi connectivity index (χ2n) is 3.48. The molecule has 0 aromatic heterocycles. The molecule has 0 amide bonds. The molecular weight excluding hydrogens is 262 g/mol. The molecule has 5 nitrogen and oxygen atoms in total. The second kappa shape index (κ2) is 6.09. The zero-order chi connectivity index (χ0) is 13.8. The average molecular weight is 276 g/mol. The molecule has 0 saturated heterocycles. The predicted octanol–water partition coefficient (Wildman–Crippen LogP) is 2.24. The first kappa shape index (κ1) is 14.8. The Morgan fingerprint density at radius 3 is 2.72 bits per heavy atom. The number of halogens is 1. The molecular formula is C11H14FO5P. The van der Waals surface area contributed by atoms with Crippen molar-refractivity contribution in [3.05, 3.63) is 29.6 Å². The lowest BCUT2D eigenvalue weighted by atomic mass is 10.1. The summed E-state index contributed by atoms with van der Waals surface area (Å²) >= 11 is 0. The summed E-state index contributed by atoms with van der Waals surface area (Å²) in [5, 5.41) is 0.